The normalized spacial score (nSPS) is 10.7. The molecule has 0 aliphatic heterocycles. The molecule has 1 N–H and O–H groups in total. The number of hydrogen-bond acceptors (Lipinski definition) is 3. The zero-order valence-corrected chi connectivity index (χ0v) is 8.05. The molecular weight excluding hydrogens is 218 g/mol. The van der Waals surface area contributed by atoms with E-state index in [1.807, 2.05) is 0 Å². The van der Waals surface area contributed by atoms with Crippen molar-refractivity contribution in [3.05, 3.63) is 36.7 Å². The predicted molar refractivity (Wildman–Crippen MR) is 51.9 cm³/mol. The second kappa shape index (κ2) is 4.18. The monoisotopic (exact) mass is 226 g/mol. The van der Waals surface area contributed by atoms with Gasteiger partial charge >= 0.3 is 6.61 Å². The molecule has 1 heterocycles. The minimum atomic E-state index is -2.86. The maximum absolute atomic E-state index is 11.9. The van der Waals surface area contributed by atoms with Crippen LogP contribution in [0.25, 0.3) is 5.69 Å². The summed E-state index contributed by atoms with van der Waals surface area (Å²) in [6, 6.07) is 6.16. The highest BCUT2D eigenvalue weighted by molar-refractivity contribution is 5.37. The summed E-state index contributed by atoms with van der Waals surface area (Å²) in [4.78, 5) is 0. The highest BCUT2D eigenvalue weighted by atomic mass is 19.3. The van der Waals surface area contributed by atoms with Gasteiger partial charge in [-0.1, -0.05) is 0 Å². The van der Waals surface area contributed by atoms with Gasteiger partial charge in [-0.25, -0.2) is 4.68 Å². The third kappa shape index (κ3) is 2.28. The lowest BCUT2D eigenvalue weighted by Crippen LogP contribution is -2.00. The van der Waals surface area contributed by atoms with Gasteiger partial charge in [-0.15, -0.1) is 0 Å². The fraction of sp³-hybridized carbons (Fsp3) is 0.100. The molecule has 0 spiro atoms. The van der Waals surface area contributed by atoms with Crippen LogP contribution >= 0.6 is 0 Å². The van der Waals surface area contributed by atoms with E-state index in [2.05, 4.69) is 9.84 Å². The van der Waals surface area contributed by atoms with Crippen molar-refractivity contribution in [3.63, 3.8) is 0 Å². The van der Waals surface area contributed by atoms with Crippen LogP contribution in [-0.4, -0.2) is 21.5 Å². The molecule has 6 heteroatoms. The van der Waals surface area contributed by atoms with E-state index in [0.29, 0.717) is 5.69 Å². The Bertz CT molecular complexity index is 468. The first-order valence-corrected chi connectivity index (χ1v) is 4.44. The van der Waals surface area contributed by atoms with Crippen LogP contribution in [0.15, 0.2) is 36.7 Å². The average Bonchev–Trinajstić information content (AvgIpc) is 2.66. The first kappa shape index (κ1) is 10.4. The molecule has 2 aromatic rings. The van der Waals surface area contributed by atoms with E-state index in [1.54, 1.807) is 12.1 Å². The summed E-state index contributed by atoms with van der Waals surface area (Å²) in [6.07, 6.45) is 2.53. The number of aromatic hydroxyl groups is 1. The van der Waals surface area contributed by atoms with Gasteiger partial charge in [0, 0.05) is 0 Å². The van der Waals surface area contributed by atoms with Gasteiger partial charge in [0.05, 0.1) is 18.1 Å². The number of nitrogens with zero attached hydrogens (tertiary/aromatic N) is 2. The minimum absolute atomic E-state index is 0.0110. The maximum atomic E-state index is 11.9. The van der Waals surface area contributed by atoms with E-state index >= 15 is 0 Å². The van der Waals surface area contributed by atoms with Gasteiger partial charge in [0.25, 0.3) is 0 Å². The van der Waals surface area contributed by atoms with Gasteiger partial charge in [-0.3, -0.25) is 0 Å². The van der Waals surface area contributed by atoms with Crippen molar-refractivity contribution in [2.45, 2.75) is 6.61 Å². The van der Waals surface area contributed by atoms with E-state index in [0.717, 1.165) is 0 Å². The molecule has 0 fully saturated rings. The summed E-state index contributed by atoms with van der Waals surface area (Å²) in [5.74, 6) is 0.114. The molecule has 1 aromatic heterocycles. The van der Waals surface area contributed by atoms with Crippen molar-refractivity contribution in [2.24, 2.45) is 0 Å². The third-order valence-electron chi connectivity index (χ3n) is 1.90. The second-order valence-electron chi connectivity index (χ2n) is 3.02. The van der Waals surface area contributed by atoms with Crippen LogP contribution in [0.2, 0.25) is 0 Å². The molecule has 0 radical (unpaired) electrons. The van der Waals surface area contributed by atoms with Crippen LogP contribution in [0.4, 0.5) is 8.78 Å². The Balaban J connectivity index is 2.21. The summed E-state index contributed by atoms with van der Waals surface area (Å²) < 4.78 is 29.3. The average molecular weight is 226 g/mol. The molecule has 0 aliphatic rings. The van der Waals surface area contributed by atoms with Gasteiger partial charge in [-0.05, 0) is 24.3 Å². The smallest absolute Gasteiger partial charge is 0.387 e. The number of benzene rings is 1. The SMILES string of the molecule is Oc1ccc(-n2cc(OC(F)F)cn2)cc1. The van der Waals surface area contributed by atoms with Crippen LogP contribution in [0.3, 0.4) is 0 Å². The lowest BCUT2D eigenvalue weighted by molar-refractivity contribution is -0.0498. The zero-order chi connectivity index (χ0) is 11.5. The largest absolute Gasteiger partial charge is 0.508 e. The fourth-order valence-corrected chi connectivity index (χ4v) is 1.22. The molecule has 4 nitrogen and oxygen atoms in total. The van der Waals surface area contributed by atoms with E-state index in [4.69, 9.17) is 5.11 Å². The number of aromatic nitrogens is 2. The number of phenols is 1. The third-order valence-corrected chi connectivity index (χ3v) is 1.90. The number of ether oxygens (including phenoxy) is 1. The molecule has 16 heavy (non-hydrogen) atoms. The maximum Gasteiger partial charge on any atom is 0.387 e. The van der Waals surface area contributed by atoms with Crippen molar-refractivity contribution in [1.29, 1.82) is 0 Å². The van der Waals surface area contributed by atoms with Crippen molar-refractivity contribution in [3.8, 4) is 17.2 Å². The number of halogens is 2. The number of alkyl halides is 2. The molecule has 84 valence electrons. The summed E-state index contributed by atoms with van der Waals surface area (Å²) in [5.41, 5.74) is 0.641. The van der Waals surface area contributed by atoms with Crippen LogP contribution in [0, 0.1) is 0 Å². The molecule has 0 bridgehead atoms. The fourth-order valence-electron chi connectivity index (χ4n) is 1.22. The first-order chi connectivity index (χ1) is 7.65. The predicted octanol–water partition coefficient (Wildman–Crippen LogP) is 2.18. The summed E-state index contributed by atoms with van der Waals surface area (Å²) in [6.45, 7) is -2.86. The van der Waals surface area contributed by atoms with Crippen LogP contribution < -0.4 is 4.74 Å². The van der Waals surface area contributed by atoms with Crippen molar-refractivity contribution in [1.82, 2.24) is 9.78 Å². The van der Waals surface area contributed by atoms with Gasteiger partial charge in [-0.2, -0.15) is 13.9 Å². The molecule has 1 aromatic carbocycles. The molecule has 0 amide bonds. The van der Waals surface area contributed by atoms with Crippen LogP contribution in [-0.2, 0) is 0 Å². The Morgan fingerprint density at radius 2 is 1.94 bits per heavy atom. The lowest BCUT2D eigenvalue weighted by Gasteiger charge is -2.01. The van der Waals surface area contributed by atoms with Crippen molar-refractivity contribution >= 4 is 0 Å². The highest BCUT2D eigenvalue weighted by Crippen LogP contribution is 2.17. The van der Waals surface area contributed by atoms with Crippen molar-refractivity contribution in [2.75, 3.05) is 0 Å². The molecule has 0 aliphatic carbocycles. The second-order valence-corrected chi connectivity index (χ2v) is 3.02. The topological polar surface area (TPSA) is 47.3 Å². The Hall–Kier alpha value is -2.11. The highest BCUT2D eigenvalue weighted by Gasteiger charge is 2.07. The Kier molecular flexibility index (Phi) is 2.72. The quantitative estimate of drug-likeness (QED) is 0.872. The molecule has 0 saturated heterocycles. The van der Waals surface area contributed by atoms with Crippen LogP contribution in [0.1, 0.15) is 0 Å². The Labute approximate surface area is 89.7 Å². The first-order valence-electron chi connectivity index (χ1n) is 4.44. The Morgan fingerprint density at radius 1 is 1.25 bits per heavy atom. The molecule has 0 unspecified atom stereocenters. The molecule has 2 rings (SSSR count). The van der Waals surface area contributed by atoms with Gasteiger partial charge in [0.1, 0.15) is 5.75 Å². The van der Waals surface area contributed by atoms with Gasteiger partial charge < -0.3 is 9.84 Å². The summed E-state index contributed by atoms with van der Waals surface area (Å²) in [7, 11) is 0. The summed E-state index contributed by atoms with van der Waals surface area (Å²) >= 11 is 0. The zero-order valence-electron chi connectivity index (χ0n) is 8.05. The van der Waals surface area contributed by atoms with Crippen molar-refractivity contribution < 1.29 is 18.6 Å². The minimum Gasteiger partial charge on any atom is -0.508 e. The van der Waals surface area contributed by atoms with Gasteiger partial charge in [0.2, 0.25) is 0 Å². The van der Waals surface area contributed by atoms with E-state index in [9.17, 15) is 8.78 Å². The molecule has 0 saturated carbocycles. The number of rotatable bonds is 3. The number of phenolic OH excluding ortho intramolecular Hbond substituents is 1. The van der Waals surface area contributed by atoms with Gasteiger partial charge in [0.15, 0.2) is 5.75 Å². The van der Waals surface area contributed by atoms with E-state index in [1.165, 1.54) is 29.2 Å². The summed E-state index contributed by atoms with van der Waals surface area (Å²) in [5, 5.41) is 12.9. The molecular formula is C10H8F2N2O2. The standard InChI is InChI=1S/C10H8F2N2O2/c11-10(12)16-9-5-13-14(6-9)7-1-3-8(15)4-2-7/h1-6,10,15H. The van der Waals surface area contributed by atoms with Crippen LogP contribution in [0.5, 0.6) is 11.5 Å². The Morgan fingerprint density at radius 3 is 2.56 bits per heavy atom. The van der Waals surface area contributed by atoms with E-state index < -0.39 is 6.61 Å². The number of hydrogen-bond donors (Lipinski definition) is 1. The lowest BCUT2D eigenvalue weighted by atomic mass is 10.3. The molecule has 0 atom stereocenters. The van der Waals surface area contributed by atoms with E-state index in [-0.39, 0.29) is 11.5 Å².